The summed E-state index contributed by atoms with van der Waals surface area (Å²) in [6.45, 7) is 0. The molecule has 0 aliphatic rings. The number of alkyl halides is 3. The van der Waals surface area contributed by atoms with Crippen molar-refractivity contribution in [2.75, 3.05) is 17.7 Å². The highest BCUT2D eigenvalue weighted by atomic mass is 19.4. The van der Waals surface area contributed by atoms with Gasteiger partial charge in [0.2, 0.25) is 0 Å². The number of ether oxygens (including phenoxy) is 1. The Bertz CT molecular complexity index is 973. The van der Waals surface area contributed by atoms with Crippen molar-refractivity contribution in [2.24, 2.45) is 0 Å². The summed E-state index contributed by atoms with van der Waals surface area (Å²) in [5.41, 5.74) is 0.313. The van der Waals surface area contributed by atoms with Crippen molar-refractivity contribution in [2.45, 2.75) is 6.18 Å². The molecule has 0 unspecified atom stereocenters. The van der Waals surface area contributed by atoms with Gasteiger partial charge in [0.15, 0.2) is 0 Å². The molecule has 2 aromatic carbocycles. The number of carbonyl (C=O) groups excluding carboxylic acids is 1. The highest BCUT2D eigenvalue weighted by molar-refractivity contribution is 6.06. The van der Waals surface area contributed by atoms with Gasteiger partial charge in [0.1, 0.15) is 11.6 Å². The van der Waals surface area contributed by atoms with Crippen LogP contribution >= 0.6 is 0 Å². The smallest absolute Gasteiger partial charge is 0.416 e. The average Bonchev–Trinajstić information content (AvgIpc) is 2.69. The SMILES string of the molecule is COc1ccccc1C(=O)Nc1ccc(Nc2cccc(C(F)(F)F)c2)nc1. The molecule has 0 saturated carbocycles. The lowest BCUT2D eigenvalue weighted by molar-refractivity contribution is -0.137. The van der Waals surface area contributed by atoms with E-state index in [0.717, 1.165) is 12.1 Å². The molecule has 0 fully saturated rings. The molecule has 1 heterocycles. The van der Waals surface area contributed by atoms with Gasteiger partial charge in [0.05, 0.1) is 30.1 Å². The zero-order valence-electron chi connectivity index (χ0n) is 14.7. The zero-order chi connectivity index (χ0) is 20.1. The molecule has 8 heteroatoms. The fourth-order valence-corrected chi connectivity index (χ4v) is 2.49. The second kappa shape index (κ2) is 7.99. The van der Waals surface area contributed by atoms with Crippen molar-refractivity contribution in [3.8, 4) is 5.75 Å². The van der Waals surface area contributed by atoms with Gasteiger partial charge in [-0.2, -0.15) is 13.2 Å². The Morgan fingerprint density at radius 2 is 1.79 bits per heavy atom. The number of carbonyl (C=O) groups is 1. The van der Waals surface area contributed by atoms with Crippen LogP contribution in [0.5, 0.6) is 5.75 Å². The van der Waals surface area contributed by atoms with E-state index < -0.39 is 11.7 Å². The first kappa shape index (κ1) is 19.2. The summed E-state index contributed by atoms with van der Waals surface area (Å²) >= 11 is 0. The summed E-state index contributed by atoms with van der Waals surface area (Å²) in [5.74, 6) is 0.420. The number of anilines is 3. The minimum Gasteiger partial charge on any atom is -0.496 e. The summed E-state index contributed by atoms with van der Waals surface area (Å²) < 4.78 is 43.5. The number of methoxy groups -OCH3 is 1. The Kier molecular flexibility index (Phi) is 5.49. The number of pyridine rings is 1. The van der Waals surface area contributed by atoms with Gasteiger partial charge < -0.3 is 15.4 Å². The third kappa shape index (κ3) is 4.59. The van der Waals surface area contributed by atoms with Crippen LogP contribution in [0.25, 0.3) is 0 Å². The molecule has 2 N–H and O–H groups in total. The summed E-state index contributed by atoms with van der Waals surface area (Å²) in [6.07, 6.45) is -3.01. The van der Waals surface area contributed by atoms with Crippen LogP contribution in [0.3, 0.4) is 0 Å². The van der Waals surface area contributed by atoms with Crippen molar-refractivity contribution in [3.63, 3.8) is 0 Å². The summed E-state index contributed by atoms with van der Waals surface area (Å²) in [6, 6.07) is 14.7. The first-order chi connectivity index (χ1) is 13.4. The number of nitrogens with zero attached hydrogens (tertiary/aromatic N) is 1. The number of hydrogen-bond donors (Lipinski definition) is 2. The number of amides is 1. The van der Waals surface area contributed by atoms with Crippen LogP contribution in [0, 0.1) is 0 Å². The Morgan fingerprint density at radius 3 is 2.46 bits per heavy atom. The number of hydrogen-bond acceptors (Lipinski definition) is 4. The fourth-order valence-electron chi connectivity index (χ4n) is 2.49. The van der Waals surface area contributed by atoms with Crippen LogP contribution in [-0.2, 0) is 6.18 Å². The monoisotopic (exact) mass is 387 g/mol. The average molecular weight is 387 g/mol. The van der Waals surface area contributed by atoms with E-state index in [1.54, 1.807) is 36.4 Å². The van der Waals surface area contributed by atoms with Crippen molar-refractivity contribution >= 4 is 23.1 Å². The largest absolute Gasteiger partial charge is 0.496 e. The molecule has 0 aliphatic heterocycles. The zero-order valence-corrected chi connectivity index (χ0v) is 14.7. The number of aromatic nitrogens is 1. The van der Waals surface area contributed by atoms with Gasteiger partial charge in [0, 0.05) is 5.69 Å². The van der Waals surface area contributed by atoms with Crippen LogP contribution in [0.15, 0.2) is 66.9 Å². The van der Waals surface area contributed by atoms with Gasteiger partial charge >= 0.3 is 6.18 Å². The maximum absolute atomic E-state index is 12.8. The third-order valence-corrected chi connectivity index (χ3v) is 3.84. The number of para-hydroxylation sites is 1. The normalized spacial score (nSPS) is 11.0. The van der Waals surface area contributed by atoms with Gasteiger partial charge in [0.25, 0.3) is 5.91 Å². The minimum atomic E-state index is -4.42. The molecule has 28 heavy (non-hydrogen) atoms. The lowest BCUT2D eigenvalue weighted by Crippen LogP contribution is -2.13. The lowest BCUT2D eigenvalue weighted by Gasteiger charge is -2.11. The van der Waals surface area contributed by atoms with Crippen molar-refractivity contribution in [1.29, 1.82) is 0 Å². The molecular formula is C20H16F3N3O2. The van der Waals surface area contributed by atoms with E-state index in [1.165, 1.54) is 25.4 Å². The van der Waals surface area contributed by atoms with E-state index in [2.05, 4.69) is 15.6 Å². The van der Waals surface area contributed by atoms with E-state index in [9.17, 15) is 18.0 Å². The van der Waals surface area contributed by atoms with Gasteiger partial charge in [-0.15, -0.1) is 0 Å². The van der Waals surface area contributed by atoms with Gasteiger partial charge in [-0.3, -0.25) is 4.79 Å². The molecule has 0 spiro atoms. The number of benzene rings is 2. The molecule has 1 aromatic heterocycles. The van der Waals surface area contributed by atoms with E-state index in [1.807, 2.05) is 0 Å². The Hall–Kier alpha value is -3.55. The van der Waals surface area contributed by atoms with E-state index >= 15 is 0 Å². The van der Waals surface area contributed by atoms with Crippen LogP contribution < -0.4 is 15.4 Å². The molecule has 1 amide bonds. The van der Waals surface area contributed by atoms with Gasteiger partial charge in [-0.25, -0.2) is 4.98 Å². The van der Waals surface area contributed by atoms with Crippen molar-refractivity contribution < 1.29 is 22.7 Å². The highest BCUT2D eigenvalue weighted by Crippen LogP contribution is 2.31. The molecule has 0 bridgehead atoms. The summed E-state index contributed by atoms with van der Waals surface area (Å²) in [5, 5.41) is 5.50. The molecule has 0 saturated heterocycles. The first-order valence-corrected chi connectivity index (χ1v) is 8.21. The maximum Gasteiger partial charge on any atom is 0.416 e. The van der Waals surface area contributed by atoms with E-state index in [0.29, 0.717) is 22.8 Å². The third-order valence-electron chi connectivity index (χ3n) is 3.84. The van der Waals surface area contributed by atoms with Gasteiger partial charge in [-0.05, 0) is 42.5 Å². The Labute approximate surface area is 159 Å². The molecule has 0 aliphatic carbocycles. The lowest BCUT2D eigenvalue weighted by atomic mass is 10.2. The number of halogens is 3. The Balaban J connectivity index is 1.69. The molecule has 0 atom stereocenters. The molecule has 3 aromatic rings. The van der Waals surface area contributed by atoms with Crippen LogP contribution in [0.4, 0.5) is 30.4 Å². The molecule has 3 rings (SSSR count). The summed E-state index contributed by atoms with van der Waals surface area (Å²) in [7, 11) is 1.47. The molecular weight excluding hydrogens is 371 g/mol. The number of nitrogens with one attached hydrogen (secondary N) is 2. The van der Waals surface area contributed by atoms with Crippen LogP contribution in [-0.4, -0.2) is 18.0 Å². The fraction of sp³-hybridized carbons (Fsp3) is 0.100. The van der Waals surface area contributed by atoms with E-state index in [4.69, 9.17) is 4.74 Å². The number of rotatable bonds is 5. The van der Waals surface area contributed by atoms with Crippen LogP contribution in [0.1, 0.15) is 15.9 Å². The second-order valence-electron chi connectivity index (χ2n) is 5.79. The van der Waals surface area contributed by atoms with Crippen molar-refractivity contribution in [1.82, 2.24) is 4.98 Å². The minimum absolute atomic E-state index is 0.258. The highest BCUT2D eigenvalue weighted by Gasteiger charge is 2.30. The Morgan fingerprint density at radius 1 is 1.00 bits per heavy atom. The summed E-state index contributed by atoms with van der Waals surface area (Å²) in [4.78, 5) is 16.5. The predicted molar refractivity (Wildman–Crippen MR) is 99.9 cm³/mol. The van der Waals surface area contributed by atoms with Crippen molar-refractivity contribution in [3.05, 3.63) is 78.0 Å². The first-order valence-electron chi connectivity index (χ1n) is 8.21. The van der Waals surface area contributed by atoms with E-state index in [-0.39, 0.29) is 11.6 Å². The second-order valence-corrected chi connectivity index (χ2v) is 5.79. The quantitative estimate of drug-likeness (QED) is 0.639. The van der Waals surface area contributed by atoms with Gasteiger partial charge in [-0.1, -0.05) is 18.2 Å². The van der Waals surface area contributed by atoms with Crippen LogP contribution in [0.2, 0.25) is 0 Å². The molecule has 144 valence electrons. The standard InChI is InChI=1S/C20H16F3N3O2/c1-28-17-8-3-2-7-16(17)19(27)26-15-9-10-18(24-12-15)25-14-6-4-5-13(11-14)20(21,22)23/h2-12H,1H3,(H,24,25)(H,26,27). The molecule has 0 radical (unpaired) electrons. The predicted octanol–water partition coefficient (Wildman–Crippen LogP) is 5.10. The topological polar surface area (TPSA) is 63.2 Å². The molecule has 5 nitrogen and oxygen atoms in total. The maximum atomic E-state index is 12.8.